The summed E-state index contributed by atoms with van der Waals surface area (Å²) in [5.74, 6) is -0.207. The summed E-state index contributed by atoms with van der Waals surface area (Å²) in [6.07, 6.45) is 7.07. The number of benzene rings is 2. The molecule has 0 radical (unpaired) electrons. The predicted octanol–water partition coefficient (Wildman–Crippen LogP) is 3.06. The molecule has 0 spiro atoms. The summed E-state index contributed by atoms with van der Waals surface area (Å²) >= 11 is 0. The fourth-order valence-electron chi connectivity index (χ4n) is 3.32. The summed E-state index contributed by atoms with van der Waals surface area (Å²) in [6.45, 7) is 0. The quantitative estimate of drug-likeness (QED) is 0.260. The Morgan fingerprint density at radius 2 is 0.756 bits per heavy atom. The molecule has 0 aliphatic rings. The molecule has 0 saturated carbocycles. The van der Waals surface area contributed by atoms with E-state index in [0.29, 0.717) is 11.3 Å². The first-order valence-electron chi connectivity index (χ1n) is 12.9. The molecule has 0 N–H and O–H groups in total. The fraction of sp³-hybridized carbons (Fsp3) is 0. The van der Waals surface area contributed by atoms with Crippen LogP contribution in [0.5, 0.6) is 0 Å². The van der Waals surface area contributed by atoms with E-state index in [-0.39, 0.29) is 25.7 Å². The van der Waals surface area contributed by atoms with Crippen LogP contribution >= 0.6 is 0 Å². The zero-order chi connectivity index (χ0) is 31.5. The number of rotatable bonds is 4. The Balaban J connectivity index is 0.000000218. The molecule has 10 nitrogen and oxygen atoms in total. The molecule has 6 rings (SSSR count). The molecule has 12 heteroatoms. The maximum Gasteiger partial charge on any atom is 2.00 e. The third-order valence-electron chi connectivity index (χ3n) is 5.19. The number of hydrogen-bond donors (Lipinski definition) is 0. The molecule has 0 aliphatic carbocycles. The van der Waals surface area contributed by atoms with Crippen LogP contribution < -0.4 is 18.6 Å². The number of carbonyl (C=O) groups excluding carboxylic acids is 1. The van der Waals surface area contributed by atoms with Gasteiger partial charge in [-0.1, -0.05) is 84.9 Å². The monoisotopic (exact) mass is 799 g/mol. The van der Waals surface area contributed by atoms with Crippen molar-refractivity contribution in [3.63, 3.8) is 0 Å². The van der Waals surface area contributed by atoms with Crippen LogP contribution in [0.1, 0.15) is 10.4 Å². The van der Waals surface area contributed by atoms with Crippen LogP contribution in [0.3, 0.4) is 0 Å². The van der Waals surface area contributed by atoms with E-state index < -0.39 is 10.2 Å². The summed E-state index contributed by atoms with van der Waals surface area (Å²) < 4.78 is 34.0. The second kappa shape index (κ2) is 20.3. The van der Waals surface area contributed by atoms with Crippen LogP contribution in [0.4, 0.5) is 5.69 Å². The average Bonchev–Trinajstić information content (AvgIpc) is 3.07. The Kier molecular flexibility index (Phi) is 16.4. The van der Waals surface area contributed by atoms with Crippen LogP contribution in [-0.4, -0.2) is 25.8 Å². The van der Waals surface area contributed by atoms with Crippen LogP contribution in [-0.2, 0) is 19.8 Å². The Labute approximate surface area is 276 Å². The molecular formula is C33H26ClN5O5Os. The number of nitrogens with zero attached hydrogens (tertiary/aromatic N) is 5. The van der Waals surface area contributed by atoms with Crippen molar-refractivity contribution < 1.29 is 53.5 Å². The topological polar surface area (TPSA) is 175 Å². The van der Waals surface area contributed by atoms with Gasteiger partial charge in [0.05, 0.1) is 28.7 Å². The summed E-state index contributed by atoms with van der Waals surface area (Å²) in [4.78, 5) is 28.4. The maximum absolute atomic E-state index is 11.6. The molecule has 0 fully saturated rings. The first kappa shape index (κ1) is 36.5. The Bertz CT molecular complexity index is 1470. The molecule has 6 aromatic rings. The Morgan fingerprint density at radius 1 is 0.467 bits per heavy atom. The van der Waals surface area contributed by atoms with Crippen molar-refractivity contribution in [1.29, 1.82) is 0 Å². The third kappa shape index (κ3) is 15.5. The Hall–Kier alpha value is -4.72. The first-order valence-corrected chi connectivity index (χ1v) is 14.2. The van der Waals surface area contributed by atoms with Gasteiger partial charge in [0, 0.05) is 24.8 Å². The zero-order valence-electron chi connectivity index (χ0n) is 23.5. The smallest absolute Gasteiger partial charge is 0.623 e. The first-order chi connectivity index (χ1) is 21.3. The number of carbonyl (C=O) groups is 1. The number of hydrogen-bond acceptors (Lipinski definition) is 9. The van der Waals surface area contributed by atoms with Crippen molar-refractivity contribution in [1.82, 2.24) is 19.9 Å². The molecule has 2 aromatic carbocycles. The van der Waals surface area contributed by atoms with Crippen LogP contribution in [0, 0.1) is 10.2 Å². The van der Waals surface area contributed by atoms with Gasteiger partial charge in [-0.3, -0.25) is 19.9 Å². The minimum Gasteiger partial charge on any atom is -0.623 e. The van der Waals surface area contributed by atoms with Gasteiger partial charge in [0.15, 0.2) is 0 Å². The van der Waals surface area contributed by atoms with Gasteiger partial charge in [0.2, 0.25) is 0 Å². The molecule has 45 heavy (non-hydrogen) atoms. The van der Waals surface area contributed by atoms with E-state index in [1.165, 1.54) is 0 Å². The van der Waals surface area contributed by atoms with E-state index in [9.17, 15) is 4.79 Å². The Morgan fingerprint density at radius 3 is 1.04 bits per heavy atom. The molecule has 0 unspecified atom stereocenters. The van der Waals surface area contributed by atoms with E-state index >= 15 is 0 Å². The standard InChI is InChI=1S/C13H11NO.2C10H8N2.ClHO4.Os/c15-13(11-7-3-1-4-8-11)14-12-9-5-2-6-10-12;2*1-3-7-11-9(5-1)10-6-2-4-8-12-10;2-1(3,4)5;/h1-10H,(H,14,15);2*1-8H;(H,2,3,4,5);/q;;;;+2/p-2. The molecule has 0 aliphatic heterocycles. The molecule has 0 atom stereocenters. The van der Waals surface area contributed by atoms with Crippen molar-refractivity contribution in [3.05, 3.63) is 169 Å². The van der Waals surface area contributed by atoms with Crippen molar-refractivity contribution >= 4 is 11.6 Å². The normalized spacial score (nSPS) is 9.69. The van der Waals surface area contributed by atoms with Gasteiger partial charge in [-0.25, -0.2) is 18.6 Å². The molecule has 0 saturated heterocycles. The summed E-state index contributed by atoms with van der Waals surface area (Å²) in [5.41, 5.74) is 4.96. The third-order valence-corrected chi connectivity index (χ3v) is 5.19. The van der Waals surface area contributed by atoms with Gasteiger partial charge in [0.1, 0.15) is 0 Å². The van der Waals surface area contributed by atoms with Gasteiger partial charge >= 0.3 is 19.8 Å². The predicted molar refractivity (Wildman–Crippen MR) is 155 cm³/mol. The van der Waals surface area contributed by atoms with E-state index in [1.807, 2.05) is 109 Å². The number of para-hydroxylation sites is 1. The molecule has 4 aromatic heterocycles. The van der Waals surface area contributed by atoms with Gasteiger partial charge in [-0.05, 0) is 54.1 Å². The number of pyridine rings is 4. The van der Waals surface area contributed by atoms with E-state index in [1.54, 1.807) is 49.1 Å². The molecule has 4 heterocycles. The largest absolute Gasteiger partial charge is 2.00 e. The molecule has 228 valence electrons. The second-order valence-electron chi connectivity index (χ2n) is 8.36. The van der Waals surface area contributed by atoms with Crippen molar-refractivity contribution in [2.24, 2.45) is 0 Å². The van der Waals surface area contributed by atoms with Crippen LogP contribution in [0.15, 0.2) is 158 Å². The van der Waals surface area contributed by atoms with Crippen LogP contribution in [0.25, 0.3) is 28.1 Å². The molecular weight excluding hydrogens is 772 g/mol. The van der Waals surface area contributed by atoms with Crippen molar-refractivity contribution in [2.75, 3.05) is 0 Å². The average molecular weight is 798 g/mol. The van der Waals surface area contributed by atoms with E-state index in [2.05, 4.69) is 25.3 Å². The van der Waals surface area contributed by atoms with Gasteiger partial charge < -0.3 is 10.1 Å². The summed E-state index contributed by atoms with van der Waals surface area (Å²) in [5, 5.41) is 3.99. The summed E-state index contributed by atoms with van der Waals surface area (Å²) in [6, 6.07) is 41.5. The number of halogens is 1. The minimum absolute atomic E-state index is 0. The van der Waals surface area contributed by atoms with Crippen molar-refractivity contribution in [2.45, 2.75) is 0 Å². The minimum atomic E-state index is -4.94. The van der Waals surface area contributed by atoms with Crippen molar-refractivity contribution in [3.8, 4) is 22.8 Å². The molecule has 1 amide bonds. The zero-order valence-corrected chi connectivity index (χ0v) is 26.8. The number of aromatic nitrogens is 4. The van der Waals surface area contributed by atoms with Gasteiger partial charge in [-0.2, -0.15) is 0 Å². The van der Waals surface area contributed by atoms with E-state index in [0.717, 1.165) is 22.8 Å². The van der Waals surface area contributed by atoms with Gasteiger partial charge in [-0.15, -0.1) is 15.9 Å². The fourth-order valence-corrected chi connectivity index (χ4v) is 3.32. The second-order valence-corrected chi connectivity index (χ2v) is 9.11. The molecule has 0 bridgehead atoms. The SMILES string of the molecule is O=C([N-]c1ccccc1)c1ccccc1.[O-][Cl+3]([O-])([O-])[O-].[Os+2].c1ccc(-c2ccccn2)nc1.c1ccc(-c2ccccn2)nc1. The van der Waals surface area contributed by atoms with E-state index in [4.69, 9.17) is 18.6 Å². The maximum atomic E-state index is 11.6. The summed E-state index contributed by atoms with van der Waals surface area (Å²) in [7, 11) is -4.94. The number of amides is 1. The van der Waals surface area contributed by atoms with Gasteiger partial charge in [0.25, 0.3) is 0 Å². The van der Waals surface area contributed by atoms with Crippen LogP contribution in [0.2, 0.25) is 0 Å².